The van der Waals surface area contributed by atoms with E-state index in [4.69, 9.17) is 5.26 Å². The van der Waals surface area contributed by atoms with Crippen molar-refractivity contribution in [3.05, 3.63) is 78.9 Å². The average molecular weight is 296 g/mol. The Morgan fingerprint density at radius 1 is 0.870 bits per heavy atom. The molecule has 0 fully saturated rings. The van der Waals surface area contributed by atoms with E-state index in [9.17, 15) is 0 Å². The van der Waals surface area contributed by atoms with Crippen LogP contribution < -0.4 is 0 Å². The molecule has 4 aromatic rings. The predicted octanol–water partition coefficient (Wildman–Crippen LogP) is 3.96. The van der Waals surface area contributed by atoms with Crippen LogP contribution >= 0.6 is 0 Å². The van der Waals surface area contributed by atoms with E-state index in [1.54, 1.807) is 12.4 Å². The van der Waals surface area contributed by atoms with Gasteiger partial charge in [-0.3, -0.25) is 9.55 Å². The molecule has 2 heterocycles. The summed E-state index contributed by atoms with van der Waals surface area (Å²) in [5.74, 6) is 0. The van der Waals surface area contributed by atoms with Gasteiger partial charge in [-0.2, -0.15) is 5.26 Å². The quantitative estimate of drug-likeness (QED) is 0.562. The second kappa shape index (κ2) is 5.39. The van der Waals surface area contributed by atoms with Crippen molar-refractivity contribution < 1.29 is 0 Å². The summed E-state index contributed by atoms with van der Waals surface area (Å²) in [6.45, 7) is 0. The van der Waals surface area contributed by atoms with Crippen molar-refractivity contribution in [2.75, 3.05) is 0 Å². The molecule has 0 saturated carbocycles. The van der Waals surface area contributed by atoms with Crippen molar-refractivity contribution in [3.8, 4) is 22.9 Å². The van der Waals surface area contributed by atoms with Gasteiger partial charge in [-0.25, -0.2) is 4.98 Å². The van der Waals surface area contributed by atoms with E-state index in [0.717, 1.165) is 27.8 Å². The molecule has 0 atom stereocenters. The number of nitriles is 1. The zero-order chi connectivity index (χ0) is 15.6. The van der Waals surface area contributed by atoms with Gasteiger partial charge in [0, 0.05) is 18.1 Å². The van der Waals surface area contributed by atoms with Gasteiger partial charge in [-0.1, -0.05) is 6.07 Å². The van der Waals surface area contributed by atoms with Crippen LogP contribution in [0, 0.1) is 11.3 Å². The van der Waals surface area contributed by atoms with Gasteiger partial charge in [0.25, 0.3) is 0 Å². The van der Waals surface area contributed by atoms with Crippen LogP contribution in [0.1, 0.15) is 5.56 Å². The van der Waals surface area contributed by atoms with Gasteiger partial charge in [0.1, 0.15) is 6.33 Å². The molecule has 2 aromatic carbocycles. The fraction of sp³-hybridized carbons (Fsp3) is 0. The van der Waals surface area contributed by atoms with E-state index in [0.29, 0.717) is 5.56 Å². The normalized spacial score (nSPS) is 10.6. The van der Waals surface area contributed by atoms with Gasteiger partial charge in [-0.05, 0) is 59.7 Å². The zero-order valence-electron chi connectivity index (χ0n) is 12.2. The van der Waals surface area contributed by atoms with Crippen LogP contribution in [0.4, 0.5) is 0 Å². The Morgan fingerprint density at radius 3 is 2.39 bits per heavy atom. The first-order chi connectivity index (χ1) is 11.3. The van der Waals surface area contributed by atoms with E-state index < -0.39 is 0 Å². The molecule has 0 spiro atoms. The zero-order valence-corrected chi connectivity index (χ0v) is 12.2. The van der Waals surface area contributed by atoms with Crippen molar-refractivity contribution in [1.29, 1.82) is 5.26 Å². The van der Waals surface area contributed by atoms with E-state index in [2.05, 4.69) is 28.2 Å². The molecule has 0 bridgehead atoms. The molecule has 4 nitrogen and oxygen atoms in total. The average Bonchev–Trinajstić information content (AvgIpc) is 3.05. The highest BCUT2D eigenvalue weighted by Crippen LogP contribution is 2.25. The second-order valence-corrected chi connectivity index (χ2v) is 5.21. The van der Waals surface area contributed by atoms with Crippen molar-refractivity contribution in [2.45, 2.75) is 0 Å². The molecular weight excluding hydrogens is 284 g/mol. The molecule has 0 N–H and O–H groups in total. The van der Waals surface area contributed by atoms with Gasteiger partial charge in [0.2, 0.25) is 0 Å². The number of hydrogen-bond acceptors (Lipinski definition) is 3. The van der Waals surface area contributed by atoms with Crippen LogP contribution in [0.2, 0.25) is 0 Å². The predicted molar refractivity (Wildman–Crippen MR) is 89.0 cm³/mol. The number of imidazole rings is 1. The minimum absolute atomic E-state index is 0.649. The number of hydrogen-bond donors (Lipinski definition) is 0. The molecule has 0 saturated heterocycles. The van der Waals surface area contributed by atoms with Gasteiger partial charge in [-0.15, -0.1) is 0 Å². The number of nitrogens with zero attached hydrogens (tertiary/aromatic N) is 4. The van der Waals surface area contributed by atoms with Crippen molar-refractivity contribution in [1.82, 2.24) is 14.5 Å². The van der Waals surface area contributed by atoms with Crippen LogP contribution in [0.15, 0.2) is 73.3 Å². The van der Waals surface area contributed by atoms with Crippen LogP contribution in [-0.2, 0) is 0 Å². The van der Waals surface area contributed by atoms with Crippen molar-refractivity contribution >= 4 is 11.0 Å². The Balaban J connectivity index is 1.86. The summed E-state index contributed by atoms with van der Waals surface area (Å²) in [6.07, 6.45) is 5.39. The van der Waals surface area contributed by atoms with E-state index in [1.165, 1.54) is 0 Å². The number of aromatic nitrogens is 3. The minimum Gasteiger partial charge on any atom is -0.299 e. The molecule has 0 aliphatic carbocycles. The Kier molecular flexibility index (Phi) is 3.10. The summed E-state index contributed by atoms with van der Waals surface area (Å²) in [6, 6.07) is 19.8. The summed E-state index contributed by atoms with van der Waals surface area (Å²) < 4.78 is 2.03. The van der Waals surface area contributed by atoms with Gasteiger partial charge >= 0.3 is 0 Å². The lowest BCUT2D eigenvalue weighted by molar-refractivity contribution is 1.09. The van der Waals surface area contributed by atoms with Crippen molar-refractivity contribution in [2.24, 2.45) is 0 Å². The Morgan fingerprint density at radius 2 is 1.65 bits per heavy atom. The number of fused-ring (bicyclic) bond motifs is 1. The third kappa shape index (κ3) is 2.34. The maximum atomic E-state index is 8.92. The summed E-state index contributed by atoms with van der Waals surface area (Å²) in [4.78, 5) is 8.52. The second-order valence-electron chi connectivity index (χ2n) is 5.21. The number of pyridine rings is 1. The van der Waals surface area contributed by atoms with Gasteiger partial charge in [0.05, 0.1) is 22.7 Å². The van der Waals surface area contributed by atoms with E-state index >= 15 is 0 Å². The molecule has 108 valence electrons. The molecule has 4 rings (SSSR count). The van der Waals surface area contributed by atoms with Crippen LogP contribution in [-0.4, -0.2) is 14.5 Å². The third-order valence-electron chi connectivity index (χ3n) is 3.84. The summed E-state index contributed by atoms with van der Waals surface area (Å²) in [5, 5.41) is 8.92. The Bertz CT molecular complexity index is 1010. The minimum atomic E-state index is 0.649. The van der Waals surface area contributed by atoms with E-state index in [-0.39, 0.29) is 0 Å². The summed E-state index contributed by atoms with van der Waals surface area (Å²) >= 11 is 0. The molecule has 0 aliphatic rings. The maximum absolute atomic E-state index is 8.92. The highest BCUT2D eigenvalue weighted by molar-refractivity contribution is 5.83. The van der Waals surface area contributed by atoms with Crippen LogP contribution in [0.25, 0.3) is 27.8 Å². The molecule has 0 radical (unpaired) electrons. The monoisotopic (exact) mass is 296 g/mol. The number of benzene rings is 2. The van der Waals surface area contributed by atoms with Crippen LogP contribution in [0.5, 0.6) is 0 Å². The molecule has 0 amide bonds. The van der Waals surface area contributed by atoms with Crippen LogP contribution in [0.3, 0.4) is 0 Å². The van der Waals surface area contributed by atoms with Crippen molar-refractivity contribution in [3.63, 3.8) is 0 Å². The van der Waals surface area contributed by atoms with Gasteiger partial charge in [0.15, 0.2) is 0 Å². The van der Waals surface area contributed by atoms with E-state index in [1.807, 2.05) is 53.4 Å². The lowest BCUT2D eigenvalue weighted by Gasteiger charge is -2.06. The number of rotatable bonds is 2. The first-order valence-electron chi connectivity index (χ1n) is 7.23. The standard InChI is InChI=1S/C19H12N4/c20-12-14-1-4-17(5-2-14)23-13-22-18-6-3-16(11-19(18)23)15-7-9-21-10-8-15/h1-11,13H. The maximum Gasteiger partial charge on any atom is 0.100 e. The fourth-order valence-electron chi connectivity index (χ4n) is 2.63. The summed E-state index contributed by atoms with van der Waals surface area (Å²) in [5.41, 5.74) is 5.84. The topological polar surface area (TPSA) is 54.5 Å². The summed E-state index contributed by atoms with van der Waals surface area (Å²) in [7, 11) is 0. The Labute approximate surface area is 133 Å². The Hall–Kier alpha value is -3.45. The molecule has 0 unspecified atom stereocenters. The lowest BCUT2D eigenvalue weighted by Crippen LogP contribution is -1.92. The first kappa shape index (κ1) is 13.2. The smallest absolute Gasteiger partial charge is 0.100 e. The fourth-order valence-corrected chi connectivity index (χ4v) is 2.63. The lowest BCUT2D eigenvalue weighted by atomic mass is 10.1. The highest BCUT2D eigenvalue weighted by atomic mass is 15.0. The molecule has 4 heteroatoms. The molecule has 23 heavy (non-hydrogen) atoms. The molecule has 0 aliphatic heterocycles. The van der Waals surface area contributed by atoms with Gasteiger partial charge < -0.3 is 0 Å². The largest absolute Gasteiger partial charge is 0.299 e. The molecule has 2 aromatic heterocycles. The highest BCUT2D eigenvalue weighted by Gasteiger charge is 2.07. The molecular formula is C19H12N4. The SMILES string of the molecule is N#Cc1ccc(-n2cnc3ccc(-c4ccncc4)cc32)cc1. The first-order valence-corrected chi connectivity index (χ1v) is 7.23. The third-order valence-corrected chi connectivity index (χ3v) is 3.84.